The van der Waals surface area contributed by atoms with Gasteiger partial charge in [0.05, 0.1) is 12.1 Å². The molecule has 13 atom stereocenters. The van der Waals surface area contributed by atoms with Gasteiger partial charge >= 0.3 is 0 Å². The maximum atomic E-state index is 7.11. The first-order valence-electron chi connectivity index (χ1n) is 14.8. The maximum absolute atomic E-state index is 7.11. The van der Waals surface area contributed by atoms with Crippen LogP contribution >= 0.6 is 0 Å². The van der Waals surface area contributed by atoms with Crippen molar-refractivity contribution < 1.29 is 9.47 Å². The molecule has 4 nitrogen and oxygen atoms in total. The summed E-state index contributed by atoms with van der Waals surface area (Å²) in [6, 6.07) is 1.13. The predicted octanol–water partition coefficient (Wildman–Crippen LogP) is 5.56. The molecule has 6 rings (SSSR count). The van der Waals surface area contributed by atoms with Crippen molar-refractivity contribution in [2.75, 3.05) is 27.7 Å². The molecule has 34 heavy (non-hydrogen) atoms. The highest BCUT2D eigenvalue weighted by Gasteiger charge is 2.68. The van der Waals surface area contributed by atoms with E-state index in [0.29, 0.717) is 40.7 Å². The molecule has 0 aromatic heterocycles. The average molecular weight is 473 g/mol. The minimum Gasteiger partial charge on any atom is -0.352 e. The van der Waals surface area contributed by atoms with Gasteiger partial charge in [0.15, 0.2) is 5.79 Å². The van der Waals surface area contributed by atoms with Gasteiger partial charge in [-0.05, 0) is 124 Å². The van der Waals surface area contributed by atoms with Crippen LogP contribution in [0.25, 0.3) is 0 Å². The lowest BCUT2D eigenvalue weighted by molar-refractivity contribution is -0.322. The third kappa shape index (κ3) is 3.23. The molecule has 0 spiro atoms. The van der Waals surface area contributed by atoms with Gasteiger partial charge in [-0.3, -0.25) is 0 Å². The van der Waals surface area contributed by atoms with E-state index in [1.54, 1.807) is 0 Å². The summed E-state index contributed by atoms with van der Waals surface area (Å²) < 4.78 is 13.4. The average Bonchev–Trinajstić information content (AvgIpc) is 3.10. The molecule has 0 amide bonds. The van der Waals surface area contributed by atoms with Crippen LogP contribution in [0.1, 0.15) is 85.5 Å². The Labute approximate surface area is 209 Å². The number of nitrogens with zero attached hydrogens (tertiary/aromatic N) is 1. The minimum atomic E-state index is -0.421. The van der Waals surface area contributed by atoms with Crippen LogP contribution < -0.4 is 5.32 Å². The third-order valence-corrected chi connectivity index (χ3v) is 13.0. The lowest BCUT2D eigenvalue weighted by Crippen LogP contribution is -2.69. The fraction of sp³-hybridized carbons (Fsp3) is 1.00. The lowest BCUT2D eigenvalue weighted by Gasteiger charge is -2.62. The summed E-state index contributed by atoms with van der Waals surface area (Å²) in [7, 11) is 6.49. The quantitative estimate of drug-likeness (QED) is 0.570. The van der Waals surface area contributed by atoms with Crippen molar-refractivity contribution in [3.05, 3.63) is 0 Å². The smallest absolute Gasteiger partial charge is 0.184 e. The van der Waals surface area contributed by atoms with Crippen LogP contribution in [0, 0.1) is 52.3 Å². The molecule has 0 aromatic carbocycles. The Bertz CT molecular complexity index is 788. The number of piperidine rings is 1. The van der Waals surface area contributed by atoms with E-state index < -0.39 is 5.79 Å². The topological polar surface area (TPSA) is 33.7 Å². The molecule has 0 bridgehead atoms. The second-order valence-corrected chi connectivity index (χ2v) is 14.6. The zero-order valence-electron chi connectivity index (χ0n) is 23.1. The molecule has 4 heteroatoms. The van der Waals surface area contributed by atoms with E-state index in [1.807, 2.05) is 7.11 Å². The van der Waals surface area contributed by atoms with Crippen molar-refractivity contribution in [1.29, 1.82) is 0 Å². The number of hydrogen-bond donors (Lipinski definition) is 1. The van der Waals surface area contributed by atoms with Crippen LogP contribution in [0.5, 0.6) is 0 Å². The van der Waals surface area contributed by atoms with Crippen LogP contribution in [0.2, 0.25) is 0 Å². The van der Waals surface area contributed by atoms with Crippen molar-refractivity contribution in [2.45, 2.75) is 109 Å². The lowest BCUT2D eigenvalue weighted by atomic mass is 9.44. The zero-order chi connectivity index (χ0) is 24.0. The van der Waals surface area contributed by atoms with Crippen molar-refractivity contribution >= 4 is 0 Å². The van der Waals surface area contributed by atoms with E-state index in [4.69, 9.17) is 9.47 Å². The van der Waals surface area contributed by atoms with E-state index in [-0.39, 0.29) is 0 Å². The fourth-order valence-corrected chi connectivity index (χ4v) is 11.4. The van der Waals surface area contributed by atoms with Crippen molar-refractivity contribution in [3.63, 3.8) is 0 Å². The van der Waals surface area contributed by atoms with E-state index >= 15 is 0 Å². The van der Waals surface area contributed by atoms with Gasteiger partial charge in [-0.25, -0.2) is 0 Å². The number of ether oxygens (including phenoxy) is 2. The Kier molecular flexibility index (Phi) is 5.81. The summed E-state index contributed by atoms with van der Waals surface area (Å²) in [5.41, 5.74) is 0.996. The molecule has 4 saturated carbocycles. The van der Waals surface area contributed by atoms with Gasteiger partial charge in [0.25, 0.3) is 0 Å². The molecular weight excluding hydrogens is 420 g/mol. The van der Waals surface area contributed by atoms with Gasteiger partial charge in [0, 0.05) is 19.6 Å². The van der Waals surface area contributed by atoms with E-state index in [9.17, 15) is 0 Å². The van der Waals surface area contributed by atoms with Crippen molar-refractivity contribution in [1.82, 2.24) is 10.2 Å². The molecule has 194 valence electrons. The van der Waals surface area contributed by atoms with Crippen LogP contribution in [0.15, 0.2) is 0 Å². The summed E-state index contributed by atoms with van der Waals surface area (Å²) >= 11 is 0. The summed E-state index contributed by atoms with van der Waals surface area (Å²) in [6.45, 7) is 11.4. The molecule has 1 N–H and O–H groups in total. The Hall–Kier alpha value is -0.160. The fourth-order valence-electron chi connectivity index (χ4n) is 11.4. The standard InChI is InChI=1S/C30H52N2O2/c1-18-16-30(33-7)27(31-17-18)19(2)26-25(34-30)15-24-22-9-8-20-14-21(32(5)6)10-12-28(20,3)23(22)11-13-29(24,26)4/h18-27,31H,8-17H2,1-7H3. The van der Waals surface area contributed by atoms with Crippen LogP contribution in [-0.4, -0.2) is 56.6 Å². The molecular formula is C30H52N2O2. The van der Waals surface area contributed by atoms with Gasteiger partial charge in [-0.2, -0.15) is 0 Å². The highest BCUT2D eigenvalue weighted by Crippen LogP contribution is 2.70. The normalized spacial score (nSPS) is 58.9. The Balaban J connectivity index is 1.28. The Morgan fingerprint density at radius 2 is 1.71 bits per heavy atom. The summed E-state index contributed by atoms with van der Waals surface area (Å²) in [4.78, 5) is 2.50. The van der Waals surface area contributed by atoms with E-state index in [0.717, 1.165) is 42.7 Å². The van der Waals surface area contributed by atoms with Crippen LogP contribution in [-0.2, 0) is 9.47 Å². The molecule has 2 saturated heterocycles. The minimum absolute atomic E-state index is 0.331. The molecule has 4 aliphatic carbocycles. The largest absolute Gasteiger partial charge is 0.352 e. The van der Waals surface area contributed by atoms with Gasteiger partial charge < -0.3 is 19.7 Å². The van der Waals surface area contributed by atoms with Crippen molar-refractivity contribution in [2.24, 2.45) is 52.3 Å². The SMILES string of the molecule is COC12CC(C)CNC1C(C)C1C(CC3C4CCC5CC(N(C)C)CCC5(C)C4CCC31C)O2. The first kappa shape index (κ1) is 24.2. The van der Waals surface area contributed by atoms with Gasteiger partial charge in [0.2, 0.25) is 0 Å². The molecule has 0 aromatic rings. The highest BCUT2D eigenvalue weighted by atomic mass is 16.7. The Morgan fingerprint density at radius 1 is 0.941 bits per heavy atom. The molecule has 13 unspecified atom stereocenters. The molecule has 6 fully saturated rings. The number of hydrogen-bond acceptors (Lipinski definition) is 4. The summed E-state index contributed by atoms with van der Waals surface area (Å²) in [5, 5.41) is 3.90. The van der Waals surface area contributed by atoms with Gasteiger partial charge in [-0.15, -0.1) is 0 Å². The van der Waals surface area contributed by atoms with Crippen LogP contribution in [0.4, 0.5) is 0 Å². The number of fused-ring (bicyclic) bond motifs is 8. The highest BCUT2D eigenvalue weighted by molar-refractivity contribution is 5.16. The van der Waals surface area contributed by atoms with Gasteiger partial charge in [0.1, 0.15) is 0 Å². The maximum Gasteiger partial charge on any atom is 0.184 e. The Morgan fingerprint density at radius 3 is 2.44 bits per heavy atom. The summed E-state index contributed by atoms with van der Waals surface area (Å²) in [6.07, 6.45) is 12.8. The van der Waals surface area contributed by atoms with Crippen molar-refractivity contribution in [3.8, 4) is 0 Å². The van der Waals surface area contributed by atoms with E-state index in [2.05, 4.69) is 52.0 Å². The first-order chi connectivity index (χ1) is 16.1. The zero-order valence-corrected chi connectivity index (χ0v) is 23.1. The second kappa shape index (κ2) is 8.17. The molecule has 6 aliphatic rings. The molecule has 0 radical (unpaired) electrons. The third-order valence-electron chi connectivity index (χ3n) is 13.0. The predicted molar refractivity (Wildman–Crippen MR) is 137 cm³/mol. The summed E-state index contributed by atoms with van der Waals surface area (Å²) in [5.74, 6) is 5.07. The number of methoxy groups -OCH3 is 1. The first-order valence-corrected chi connectivity index (χ1v) is 14.8. The van der Waals surface area contributed by atoms with E-state index in [1.165, 1.54) is 51.4 Å². The number of nitrogens with one attached hydrogen (secondary N) is 1. The van der Waals surface area contributed by atoms with Gasteiger partial charge in [-0.1, -0.05) is 27.7 Å². The molecule has 2 aliphatic heterocycles. The monoisotopic (exact) mass is 472 g/mol. The van der Waals surface area contributed by atoms with Crippen LogP contribution in [0.3, 0.4) is 0 Å². The number of rotatable bonds is 2. The molecule has 2 heterocycles. The second-order valence-electron chi connectivity index (χ2n) is 14.6.